The molecule has 3 atom stereocenters. The molecule has 0 spiro atoms. The minimum absolute atomic E-state index is 0.352. The number of hydrogen-bond donors (Lipinski definition) is 1. The highest BCUT2D eigenvalue weighted by atomic mass is 16.2. The average molecular weight is 210 g/mol. The highest BCUT2D eigenvalue weighted by molar-refractivity contribution is 5.77. The van der Waals surface area contributed by atoms with Gasteiger partial charge in [-0.3, -0.25) is 4.79 Å². The predicted octanol–water partition coefficient (Wildman–Crippen LogP) is 1.24. The summed E-state index contributed by atoms with van der Waals surface area (Å²) in [4.78, 5) is 14.0. The van der Waals surface area contributed by atoms with Crippen molar-refractivity contribution in [3.8, 4) is 0 Å². The lowest BCUT2D eigenvalue weighted by atomic mass is 10.0. The fourth-order valence-electron chi connectivity index (χ4n) is 2.60. The Bertz CT molecular complexity index is 226. The fourth-order valence-corrected chi connectivity index (χ4v) is 2.60. The molecule has 2 rings (SSSR count). The first kappa shape index (κ1) is 10.9. The summed E-state index contributed by atoms with van der Waals surface area (Å²) in [5, 5.41) is 3.39. The lowest BCUT2D eigenvalue weighted by Gasteiger charge is -2.18. The lowest BCUT2D eigenvalue weighted by molar-refractivity contribution is -0.130. The molecule has 1 amide bonds. The lowest BCUT2D eigenvalue weighted by Crippen LogP contribution is -2.34. The Balaban J connectivity index is 1.81. The zero-order valence-corrected chi connectivity index (χ0v) is 9.83. The quantitative estimate of drug-likeness (QED) is 0.744. The molecule has 0 aromatic carbocycles. The summed E-state index contributed by atoms with van der Waals surface area (Å²) < 4.78 is 0. The van der Waals surface area contributed by atoms with Gasteiger partial charge in [0.2, 0.25) is 5.91 Å². The van der Waals surface area contributed by atoms with Crippen molar-refractivity contribution in [1.29, 1.82) is 0 Å². The van der Waals surface area contributed by atoms with Crippen molar-refractivity contribution in [2.45, 2.75) is 39.2 Å². The third-order valence-corrected chi connectivity index (χ3v) is 3.92. The number of carbonyl (C=O) groups is 1. The first-order valence-corrected chi connectivity index (χ1v) is 6.18. The fraction of sp³-hybridized carbons (Fsp3) is 0.917. The van der Waals surface area contributed by atoms with Gasteiger partial charge in [-0.05, 0) is 31.2 Å². The third-order valence-electron chi connectivity index (χ3n) is 3.92. The molecule has 2 heterocycles. The van der Waals surface area contributed by atoms with Crippen molar-refractivity contribution >= 4 is 5.91 Å². The van der Waals surface area contributed by atoms with E-state index in [2.05, 4.69) is 24.1 Å². The molecule has 2 fully saturated rings. The van der Waals surface area contributed by atoms with Crippen LogP contribution in [-0.4, -0.2) is 36.5 Å². The van der Waals surface area contributed by atoms with Crippen LogP contribution in [0.1, 0.15) is 33.1 Å². The number of likely N-dealkylation sites (tertiary alicyclic amines) is 1. The van der Waals surface area contributed by atoms with Crippen LogP contribution in [0, 0.1) is 11.8 Å². The van der Waals surface area contributed by atoms with Crippen LogP contribution < -0.4 is 5.32 Å². The molecule has 0 radical (unpaired) electrons. The van der Waals surface area contributed by atoms with Crippen molar-refractivity contribution in [2.24, 2.45) is 11.8 Å². The monoisotopic (exact) mass is 210 g/mol. The maximum atomic E-state index is 12.0. The van der Waals surface area contributed by atoms with Gasteiger partial charge in [0.15, 0.2) is 0 Å². The van der Waals surface area contributed by atoms with Gasteiger partial charge in [0, 0.05) is 25.6 Å². The zero-order chi connectivity index (χ0) is 10.8. The van der Waals surface area contributed by atoms with Gasteiger partial charge in [0.25, 0.3) is 0 Å². The molecule has 3 nitrogen and oxygen atoms in total. The highest BCUT2D eigenvalue weighted by Gasteiger charge is 2.30. The molecule has 0 aromatic rings. The van der Waals surface area contributed by atoms with Crippen LogP contribution in [0.15, 0.2) is 0 Å². The van der Waals surface area contributed by atoms with Crippen molar-refractivity contribution in [1.82, 2.24) is 10.2 Å². The van der Waals surface area contributed by atoms with E-state index in [4.69, 9.17) is 0 Å². The molecule has 0 bridgehead atoms. The molecule has 1 N–H and O–H groups in total. The largest absolute Gasteiger partial charge is 0.342 e. The summed E-state index contributed by atoms with van der Waals surface area (Å²) >= 11 is 0. The van der Waals surface area contributed by atoms with Gasteiger partial charge in [-0.1, -0.05) is 13.8 Å². The predicted molar refractivity (Wildman–Crippen MR) is 60.5 cm³/mol. The Morgan fingerprint density at radius 2 is 2.00 bits per heavy atom. The summed E-state index contributed by atoms with van der Waals surface area (Å²) in [5.41, 5.74) is 0. The minimum atomic E-state index is 0.352. The number of carbonyl (C=O) groups excluding carboxylic acids is 1. The summed E-state index contributed by atoms with van der Waals surface area (Å²) in [6, 6.07) is 0.448. The molecule has 3 unspecified atom stereocenters. The van der Waals surface area contributed by atoms with Crippen molar-refractivity contribution in [3.05, 3.63) is 0 Å². The summed E-state index contributed by atoms with van der Waals surface area (Å²) in [7, 11) is 0. The molecule has 0 aromatic heterocycles. The van der Waals surface area contributed by atoms with Crippen LogP contribution in [0.25, 0.3) is 0 Å². The van der Waals surface area contributed by atoms with E-state index in [1.165, 1.54) is 12.8 Å². The maximum Gasteiger partial charge on any atom is 0.224 e. The van der Waals surface area contributed by atoms with E-state index in [-0.39, 0.29) is 0 Å². The Kier molecular flexibility index (Phi) is 3.29. The Morgan fingerprint density at radius 3 is 2.53 bits per heavy atom. The van der Waals surface area contributed by atoms with Gasteiger partial charge in [-0.15, -0.1) is 0 Å². The molecule has 86 valence electrons. The molecule has 3 heteroatoms. The standard InChI is InChI=1S/C12H22N2O/c1-9-7-14(8-10(9)2)12(15)6-11-4-3-5-13-11/h9-11,13H,3-8H2,1-2H3. The van der Waals surface area contributed by atoms with Crippen LogP contribution in [0.2, 0.25) is 0 Å². The Labute approximate surface area is 92.2 Å². The van der Waals surface area contributed by atoms with E-state index in [0.717, 1.165) is 19.6 Å². The highest BCUT2D eigenvalue weighted by Crippen LogP contribution is 2.23. The average Bonchev–Trinajstić information content (AvgIpc) is 2.78. The first-order chi connectivity index (χ1) is 7.16. The maximum absolute atomic E-state index is 12.0. The van der Waals surface area contributed by atoms with Gasteiger partial charge in [0.05, 0.1) is 0 Å². The van der Waals surface area contributed by atoms with Crippen LogP contribution in [0.3, 0.4) is 0 Å². The summed E-state index contributed by atoms with van der Waals surface area (Å²) in [6.07, 6.45) is 3.11. The van der Waals surface area contributed by atoms with Gasteiger partial charge in [0.1, 0.15) is 0 Å². The second kappa shape index (κ2) is 4.52. The van der Waals surface area contributed by atoms with E-state index in [1.807, 2.05) is 0 Å². The van der Waals surface area contributed by atoms with Crippen LogP contribution >= 0.6 is 0 Å². The second-order valence-corrected chi connectivity index (χ2v) is 5.25. The van der Waals surface area contributed by atoms with Crippen LogP contribution in [0.5, 0.6) is 0 Å². The number of hydrogen-bond acceptors (Lipinski definition) is 2. The van der Waals surface area contributed by atoms with Crippen LogP contribution in [-0.2, 0) is 4.79 Å². The summed E-state index contributed by atoms with van der Waals surface area (Å²) in [5.74, 6) is 1.70. The van der Waals surface area contributed by atoms with E-state index in [9.17, 15) is 4.79 Å². The Hall–Kier alpha value is -0.570. The third kappa shape index (κ3) is 2.51. The summed E-state index contributed by atoms with van der Waals surface area (Å²) in [6.45, 7) is 7.50. The first-order valence-electron chi connectivity index (χ1n) is 6.18. The van der Waals surface area contributed by atoms with E-state index in [0.29, 0.717) is 30.2 Å². The second-order valence-electron chi connectivity index (χ2n) is 5.25. The number of amides is 1. The molecule has 15 heavy (non-hydrogen) atoms. The molecule has 2 saturated heterocycles. The Morgan fingerprint density at radius 1 is 1.33 bits per heavy atom. The van der Waals surface area contributed by atoms with Gasteiger partial charge in [-0.25, -0.2) is 0 Å². The molecule has 2 aliphatic rings. The molecular weight excluding hydrogens is 188 g/mol. The van der Waals surface area contributed by atoms with Crippen LogP contribution in [0.4, 0.5) is 0 Å². The van der Waals surface area contributed by atoms with E-state index >= 15 is 0 Å². The van der Waals surface area contributed by atoms with E-state index in [1.54, 1.807) is 0 Å². The van der Waals surface area contributed by atoms with Gasteiger partial charge < -0.3 is 10.2 Å². The van der Waals surface area contributed by atoms with Crippen molar-refractivity contribution in [2.75, 3.05) is 19.6 Å². The number of nitrogens with zero attached hydrogens (tertiary/aromatic N) is 1. The smallest absolute Gasteiger partial charge is 0.224 e. The number of rotatable bonds is 2. The molecule has 2 aliphatic heterocycles. The van der Waals surface area contributed by atoms with Gasteiger partial charge >= 0.3 is 0 Å². The topological polar surface area (TPSA) is 32.3 Å². The van der Waals surface area contributed by atoms with E-state index < -0.39 is 0 Å². The van der Waals surface area contributed by atoms with Gasteiger partial charge in [-0.2, -0.15) is 0 Å². The molecule has 0 aliphatic carbocycles. The van der Waals surface area contributed by atoms with Crippen molar-refractivity contribution in [3.63, 3.8) is 0 Å². The zero-order valence-electron chi connectivity index (χ0n) is 9.83. The van der Waals surface area contributed by atoms with Crippen molar-refractivity contribution < 1.29 is 4.79 Å². The SMILES string of the molecule is CC1CN(C(=O)CC2CCCN2)CC1C. The normalized spacial score (nSPS) is 36.1. The minimum Gasteiger partial charge on any atom is -0.342 e. The number of nitrogens with one attached hydrogen (secondary N) is 1. The molecular formula is C12H22N2O. The molecule has 0 saturated carbocycles.